The van der Waals surface area contributed by atoms with Crippen molar-refractivity contribution in [1.29, 1.82) is 0 Å². The number of methoxy groups -OCH3 is 1. The Kier molecular flexibility index (Phi) is 6.69. The molecule has 0 amide bonds. The third-order valence-corrected chi connectivity index (χ3v) is 4.72. The maximum absolute atomic E-state index is 7.00. The minimum atomic E-state index is -0.380. The molecule has 0 aromatic heterocycles. The van der Waals surface area contributed by atoms with E-state index in [0.29, 0.717) is 12.0 Å². The number of hydrogen-bond acceptors (Lipinski definition) is 3. The van der Waals surface area contributed by atoms with E-state index in [1.165, 1.54) is 0 Å². The maximum atomic E-state index is 7.00. The van der Waals surface area contributed by atoms with Crippen molar-refractivity contribution >= 4 is 0 Å². The first-order chi connectivity index (χ1) is 9.95. The van der Waals surface area contributed by atoms with Crippen LogP contribution >= 0.6 is 0 Å². The molecule has 0 aliphatic rings. The largest absolute Gasteiger partial charge is 0.497 e. The predicted molar refractivity (Wildman–Crippen MR) is 90.7 cm³/mol. The van der Waals surface area contributed by atoms with Crippen molar-refractivity contribution in [3.05, 3.63) is 29.8 Å². The molecule has 0 spiro atoms. The number of likely N-dealkylation sites (N-methyl/N-ethyl adjacent to an activating group) is 1. The Morgan fingerprint density at radius 2 is 1.81 bits per heavy atom. The van der Waals surface area contributed by atoms with Gasteiger partial charge in [0.2, 0.25) is 0 Å². The lowest BCUT2D eigenvalue weighted by atomic mass is 9.73. The van der Waals surface area contributed by atoms with E-state index in [1.807, 2.05) is 12.1 Å². The molecule has 0 radical (unpaired) electrons. The zero-order valence-corrected chi connectivity index (χ0v) is 14.5. The highest BCUT2D eigenvalue weighted by molar-refractivity contribution is 5.35. The van der Waals surface area contributed by atoms with Gasteiger partial charge >= 0.3 is 0 Å². The Labute approximate surface area is 130 Å². The molecule has 0 bridgehead atoms. The Morgan fingerprint density at radius 1 is 1.19 bits per heavy atom. The summed E-state index contributed by atoms with van der Waals surface area (Å²) >= 11 is 0. The lowest BCUT2D eigenvalue weighted by molar-refractivity contribution is 0.0923. The molecule has 0 saturated heterocycles. The van der Waals surface area contributed by atoms with Crippen LogP contribution in [-0.4, -0.2) is 31.1 Å². The zero-order valence-electron chi connectivity index (χ0n) is 14.5. The summed E-state index contributed by atoms with van der Waals surface area (Å²) in [5.74, 6) is 1.22. The van der Waals surface area contributed by atoms with Gasteiger partial charge in [0.25, 0.3) is 0 Å². The van der Waals surface area contributed by atoms with Crippen LogP contribution in [0.5, 0.6) is 5.75 Å². The van der Waals surface area contributed by atoms with Crippen molar-refractivity contribution in [3.63, 3.8) is 0 Å². The van der Waals surface area contributed by atoms with Crippen LogP contribution in [0.1, 0.15) is 46.6 Å². The molecule has 120 valence electrons. The molecule has 0 saturated carbocycles. The van der Waals surface area contributed by atoms with Crippen LogP contribution in [-0.2, 0) is 5.54 Å². The number of benzene rings is 1. The average molecular weight is 292 g/mol. The topological polar surface area (TPSA) is 38.5 Å². The van der Waals surface area contributed by atoms with Crippen molar-refractivity contribution < 1.29 is 4.74 Å². The molecule has 2 N–H and O–H groups in total. The van der Waals surface area contributed by atoms with Gasteiger partial charge in [-0.25, -0.2) is 0 Å². The average Bonchev–Trinajstić information content (AvgIpc) is 2.51. The van der Waals surface area contributed by atoms with Crippen molar-refractivity contribution in [2.45, 2.75) is 52.6 Å². The van der Waals surface area contributed by atoms with Crippen LogP contribution in [0.4, 0.5) is 0 Å². The Balaban J connectivity index is 3.34. The third-order valence-electron chi connectivity index (χ3n) is 4.72. The highest BCUT2D eigenvalue weighted by atomic mass is 16.5. The van der Waals surface area contributed by atoms with E-state index in [2.05, 4.69) is 51.7 Å². The lowest BCUT2D eigenvalue weighted by Gasteiger charge is -2.46. The highest BCUT2D eigenvalue weighted by Crippen LogP contribution is 2.36. The fourth-order valence-electron chi connectivity index (χ4n) is 3.37. The van der Waals surface area contributed by atoms with Crippen molar-refractivity contribution in [1.82, 2.24) is 4.90 Å². The van der Waals surface area contributed by atoms with Crippen LogP contribution < -0.4 is 10.5 Å². The van der Waals surface area contributed by atoms with E-state index in [0.717, 1.165) is 30.8 Å². The zero-order chi connectivity index (χ0) is 16.0. The van der Waals surface area contributed by atoms with E-state index in [9.17, 15) is 0 Å². The summed E-state index contributed by atoms with van der Waals surface area (Å²) in [7, 11) is 1.70. The molecule has 21 heavy (non-hydrogen) atoms. The number of hydrogen-bond donors (Lipinski definition) is 1. The summed E-state index contributed by atoms with van der Waals surface area (Å²) in [6.07, 6.45) is 1.04. The molecule has 1 rings (SSSR count). The van der Waals surface area contributed by atoms with Gasteiger partial charge in [-0.2, -0.15) is 0 Å². The van der Waals surface area contributed by atoms with Crippen molar-refractivity contribution in [2.24, 2.45) is 11.7 Å². The van der Waals surface area contributed by atoms with E-state index in [-0.39, 0.29) is 5.54 Å². The lowest BCUT2D eigenvalue weighted by Crippen LogP contribution is -2.58. The van der Waals surface area contributed by atoms with Gasteiger partial charge in [-0.1, -0.05) is 46.8 Å². The van der Waals surface area contributed by atoms with Crippen LogP contribution in [0.2, 0.25) is 0 Å². The molecule has 0 heterocycles. The van der Waals surface area contributed by atoms with Crippen LogP contribution in [0.3, 0.4) is 0 Å². The minimum absolute atomic E-state index is 0.319. The SMILES string of the molecule is CCC(N(CC)CC)C(N)(c1cccc(OC)c1)C(C)C. The van der Waals surface area contributed by atoms with Gasteiger partial charge < -0.3 is 10.5 Å². The van der Waals surface area contributed by atoms with E-state index < -0.39 is 0 Å². The summed E-state index contributed by atoms with van der Waals surface area (Å²) in [5.41, 5.74) is 7.78. The molecule has 2 unspecified atom stereocenters. The Hall–Kier alpha value is -1.06. The van der Waals surface area contributed by atoms with E-state index in [4.69, 9.17) is 10.5 Å². The first kappa shape index (κ1) is 18.0. The quantitative estimate of drug-likeness (QED) is 0.795. The number of rotatable bonds is 8. The summed E-state index contributed by atoms with van der Waals surface area (Å²) in [4.78, 5) is 2.47. The molecule has 0 fully saturated rings. The monoisotopic (exact) mass is 292 g/mol. The van der Waals surface area contributed by atoms with Gasteiger partial charge in [0, 0.05) is 6.04 Å². The first-order valence-corrected chi connectivity index (χ1v) is 8.12. The second kappa shape index (κ2) is 7.81. The summed E-state index contributed by atoms with van der Waals surface area (Å²) < 4.78 is 5.39. The molecule has 0 aliphatic carbocycles. The normalized spacial score (nSPS) is 16.0. The van der Waals surface area contributed by atoms with Crippen molar-refractivity contribution in [2.75, 3.05) is 20.2 Å². The summed E-state index contributed by atoms with van der Waals surface area (Å²) in [6.45, 7) is 13.1. The molecule has 1 aromatic carbocycles. The van der Waals surface area contributed by atoms with Gasteiger partial charge in [-0.15, -0.1) is 0 Å². The Bertz CT molecular complexity index is 429. The van der Waals surface area contributed by atoms with E-state index >= 15 is 0 Å². The Morgan fingerprint density at radius 3 is 2.24 bits per heavy atom. The highest BCUT2D eigenvalue weighted by Gasteiger charge is 2.41. The second-order valence-corrected chi connectivity index (χ2v) is 5.96. The van der Waals surface area contributed by atoms with Gasteiger partial charge in [0.05, 0.1) is 12.6 Å². The summed E-state index contributed by atoms with van der Waals surface area (Å²) in [5, 5.41) is 0. The fraction of sp³-hybridized carbons (Fsp3) is 0.667. The van der Waals surface area contributed by atoms with Crippen molar-refractivity contribution in [3.8, 4) is 5.75 Å². The van der Waals surface area contributed by atoms with Crippen LogP contribution in [0.25, 0.3) is 0 Å². The van der Waals surface area contributed by atoms with Gasteiger partial charge in [-0.05, 0) is 43.1 Å². The van der Waals surface area contributed by atoms with Gasteiger partial charge in [-0.3, -0.25) is 4.90 Å². The molecule has 1 aromatic rings. The number of nitrogens with two attached hydrogens (primary N) is 1. The van der Waals surface area contributed by atoms with Gasteiger partial charge in [0.15, 0.2) is 0 Å². The number of nitrogens with zero attached hydrogens (tertiary/aromatic N) is 1. The standard InChI is InChI=1S/C18H32N2O/c1-7-17(20(8-2)9-3)18(19,14(4)5)15-11-10-12-16(13-15)21-6/h10-14,17H,7-9,19H2,1-6H3. The molecule has 3 heteroatoms. The maximum Gasteiger partial charge on any atom is 0.119 e. The third kappa shape index (κ3) is 3.58. The molecule has 2 atom stereocenters. The smallest absolute Gasteiger partial charge is 0.119 e. The van der Waals surface area contributed by atoms with Crippen LogP contribution in [0, 0.1) is 5.92 Å². The molecular weight excluding hydrogens is 260 g/mol. The first-order valence-electron chi connectivity index (χ1n) is 8.12. The summed E-state index contributed by atoms with van der Waals surface area (Å²) in [6, 6.07) is 8.55. The predicted octanol–water partition coefficient (Wildman–Crippen LogP) is 3.63. The minimum Gasteiger partial charge on any atom is -0.497 e. The van der Waals surface area contributed by atoms with E-state index in [1.54, 1.807) is 7.11 Å². The second-order valence-electron chi connectivity index (χ2n) is 5.96. The molecule has 0 aliphatic heterocycles. The fourth-order valence-corrected chi connectivity index (χ4v) is 3.37. The van der Waals surface area contributed by atoms with Crippen LogP contribution in [0.15, 0.2) is 24.3 Å². The number of ether oxygens (including phenoxy) is 1. The molecule has 3 nitrogen and oxygen atoms in total. The molecular formula is C18H32N2O. The van der Waals surface area contributed by atoms with Gasteiger partial charge in [0.1, 0.15) is 5.75 Å².